The first-order valence-electron chi connectivity index (χ1n) is 11.5. The minimum atomic E-state index is -3.38. The fourth-order valence-corrected chi connectivity index (χ4v) is 10.0. The molecule has 4 fully saturated rings. The SMILES string of the molecule is CC1(C)[C@H]2CCC1(CS(=O)(=O)N(C1CCCCC1)C1CCCCC1)C(O)C2. The van der Waals surface area contributed by atoms with E-state index < -0.39 is 21.5 Å². The van der Waals surface area contributed by atoms with E-state index in [1.54, 1.807) is 0 Å². The first kappa shape index (κ1) is 20.2. The third-order valence-corrected chi connectivity index (χ3v) is 11.1. The summed E-state index contributed by atoms with van der Waals surface area (Å²) in [7, 11) is -3.38. The van der Waals surface area contributed by atoms with E-state index in [0.29, 0.717) is 5.92 Å². The van der Waals surface area contributed by atoms with Gasteiger partial charge in [0.25, 0.3) is 0 Å². The summed E-state index contributed by atoms with van der Waals surface area (Å²) >= 11 is 0. The van der Waals surface area contributed by atoms with Crippen LogP contribution in [-0.4, -0.2) is 41.8 Å². The van der Waals surface area contributed by atoms with E-state index in [1.165, 1.54) is 12.8 Å². The smallest absolute Gasteiger partial charge is 0.215 e. The minimum Gasteiger partial charge on any atom is -0.392 e. The van der Waals surface area contributed by atoms with Crippen molar-refractivity contribution < 1.29 is 13.5 Å². The lowest BCUT2D eigenvalue weighted by Crippen LogP contribution is -2.54. The molecule has 27 heavy (non-hydrogen) atoms. The van der Waals surface area contributed by atoms with Gasteiger partial charge in [0.05, 0.1) is 11.9 Å². The highest BCUT2D eigenvalue weighted by atomic mass is 32.2. The molecule has 4 rings (SSSR count). The molecule has 2 unspecified atom stereocenters. The molecule has 4 saturated carbocycles. The third-order valence-electron chi connectivity index (χ3n) is 9.02. The first-order chi connectivity index (χ1) is 12.8. The van der Waals surface area contributed by atoms with Crippen molar-refractivity contribution in [3.8, 4) is 0 Å². The summed E-state index contributed by atoms with van der Waals surface area (Å²) in [6.07, 6.45) is 13.5. The van der Waals surface area contributed by atoms with E-state index in [0.717, 1.165) is 70.6 Å². The summed E-state index contributed by atoms with van der Waals surface area (Å²) in [6.45, 7) is 4.42. The molecule has 4 aliphatic carbocycles. The summed E-state index contributed by atoms with van der Waals surface area (Å²) < 4.78 is 29.8. The van der Waals surface area contributed by atoms with Crippen LogP contribution >= 0.6 is 0 Å². The lowest BCUT2D eigenvalue weighted by atomic mass is 9.70. The molecular formula is C22H39NO3S. The molecule has 0 amide bonds. The zero-order valence-corrected chi connectivity index (χ0v) is 18.1. The Morgan fingerprint density at radius 1 is 0.889 bits per heavy atom. The molecule has 2 bridgehead atoms. The van der Waals surface area contributed by atoms with Gasteiger partial charge in [-0.1, -0.05) is 52.4 Å². The van der Waals surface area contributed by atoms with Gasteiger partial charge in [-0.2, -0.15) is 4.31 Å². The van der Waals surface area contributed by atoms with Crippen LogP contribution in [0.5, 0.6) is 0 Å². The minimum absolute atomic E-state index is 0.0791. The normalized spacial score (nSPS) is 37.9. The number of hydrogen-bond acceptors (Lipinski definition) is 3. The summed E-state index contributed by atoms with van der Waals surface area (Å²) in [5.74, 6) is 0.637. The predicted molar refractivity (Wildman–Crippen MR) is 109 cm³/mol. The molecule has 5 heteroatoms. The zero-order valence-electron chi connectivity index (χ0n) is 17.3. The van der Waals surface area contributed by atoms with Crippen LogP contribution in [0.2, 0.25) is 0 Å². The second kappa shape index (κ2) is 7.28. The maximum atomic E-state index is 13.9. The van der Waals surface area contributed by atoms with Crippen LogP contribution in [0.4, 0.5) is 0 Å². The van der Waals surface area contributed by atoms with Crippen LogP contribution < -0.4 is 0 Å². The number of fused-ring (bicyclic) bond motifs is 2. The molecule has 1 N–H and O–H groups in total. The Morgan fingerprint density at radius 3 is 1.81 bits per heavy atom. The molecule has 0 aromatic carbocycles. The molecule has 0 aromatic rings. The second-order valence-corrected chi connectivity index (χ2v) is 12.4. The first-order valence-corrected chi connectivity index (χ1v) is 13.1. The molecule has 0 heterocycles. The largest absolute Gasteiger partial charge is 0.392 e. The van der Waals surface area contributed by atoms with Crippen molar-refractivity contribution in [3.63, 3.8) is 0 Å². The Hall–Kier alpha value is -0.130. The number of sulfonamides is 1. The van der Waals surface area contributed by atoms with E-state index >= 15 is 0 Å². The van der Waals surface area contributed by atoms with Gasteiger partial charge in [-0.05, 0) is 56.3 Å². The molecule has 4 nitrogen and oxygen atoms in total. The molecule has 3 atom stereocenters. The summed E-state index contributed by atoms with van der Waals surface area (Å²) in [5, 5.41) is 10.9. The molecule has 0 aromatic heterocycles. The van der Waals surface area contributed by atoms with Crippen LogP contribution in [0.15, 0.2) is 0 Å². The van der Waals surface area contributed by atoms with Crippen molar-refractivity contribution in [1.82, 2.24) is 4.31 Å². The van der Waals surface area contributed by atoms with Gasteiger partial charge in [0.1, 0.15) is 0 Å². The van der Waals surface area contributed by atoms with Gasteiger partial charge in [0.2, 0.25) is 10.0 Å². The van der Waals surface area contributed by atoms with Gasteiger partial charge >= 0.3 is 0 Å². The van der Waals surface area contributed by atoms with Crippen LogP contribution in [0.1, 0.15) is 97.3 Å². The third kappa shape index (κ3) is 3.30. The Morgan fingerprint density at radius 2 is 1.41 bits per heavy atom. The Kier molecular flexibility index (Phi) is 5.44. The van der Waals surface area contributed by atoms with Crippen molar-refractivity contribution in [2.45, 2.75) is 116 Å². The van der Waals surface area contributed by atoms with Crippen molar-refractivity contribution in [2.75, 3.05) is 5.75 Å². The summed E-state index contributed by atoms with van der Waals surface area (Å²) in [4.78, 5) is 0. The molecular weight excluding hydrogens is 358 g/mol. The standard InChI is InChI=1S/C22H39NO3S/c1-21(2)17-13-14-22(21,20(24)15-17)16-27(25,26)23(18-9-5-3-6-10-18)19-11-7-4-8-12-19/h17-20,24H,3-16H2,1-2H3/t17-,20?,22?/m0/s1. The number of aliphatic hydroxyl groups excluding tert-OH is 1. The fraction of sp³-hybridized carbons (Fsp3) is 1.00. The van der Waals surface area contributed by atoms with Crippen molar-refractivity contribution in [3.05, 3.63) is 0 Å². The number of aliphatic hydroxyl groups is 1. The average molecular weight is 398 g/mol. The zero-order chi connectivity index (χ0) is 19.3. The van der Waals surface area contributed by atoms with Gasteiger partial charge < -0.3 is 5.11 Å². The van der Waals surface area contributed by atoms with Crippen LogP contribution in [0.3, 0.4) is 0 Å². The van der Waals surface area contributed by atoms with Crippen LogP contribution in [0.25, 0.3) is 0 Å². The maximum absolute atomic E-state index is 13.9. The highest BCUT2D eigenvalue weighted by Gasteiger charge is 2.65. The Bertz CT molecular complexity index is 616. The van der Waals surface area contributed by atoms with E-state index in [1.807, 2.05) is 4.31 Å². The topological polar surface area (TPSA) is 57.6 Å². The van der Waals surface area contributed by atoms with E-state index in [9.17, 15) is 13.5 Å². The molecule has 4 aliphatic rings. The summed E-state index contributed by atoms with van der Waals surface area (Å²) in [5.41, 5.74) is -0.525. The average Bonchev–Trinajstić information content (AvgIpc) is 2.97. The summed E-state index contributed by atoms with van der Waals surface area (Å²) in [6, 6.07) is 0.393. The molecule has 0 aliphatic heterocycles. The van der Waals surface area contributed by atoms with Crippen molar-refractivity contribution in [2.24, 2.45) is 16.7 Å². The number of nitrogens with zero attached hydrogens (tertiary/aromatic N) is 1. The molecule has 156 valence electrons. The number of rotatable bonds is 5. The van der Waals surface area contributed by atoms with Crippen LogP contribution in [0, 0.1) is 16.7 Å². The van der Waals surface area contributed by atoms with Crippen molar-refractivity contribution >= 4 is 10.0 Å². The van der Waals surface area contributed by atoms with E-state index in [2.05, 4.69) is 13.8 Å². The predicted octanol–water partition coefficient (Wildman–Crippen LogP) is 4.47. The molecule has 0 radical (unpaired) electrons. The lowest BCUT2D eigenvalue weighted by molar-refractivity contribution is 0.0136. The fourth-order valence-electron chi connectivity index (χ4n) is 7.20. The van der Waals surface area contributed by atoms with Gasteiger partial charge in [0.15, 0.2) is 0 Å². The second-order valence-electron chi connectivity index (χ2n) is 10.5. The van der Waals surface area contributed by atoms with Gasteiger partial charge in [-0.3, -0.25) is 0 Å². The lowest BCUT2D eigenvalue weighted by Gasteiger charge is -2.45. The quantitative estimate of drug-likeness (QED) is 0.744. The maximum Gasteiger partial charge on any atom is 0.215 e. The highest BCUT2D eigenvalue weighted by molar-refractivity contribution is 7.89. The van der Waals surface area contributed by atoms with Crippen molar-refractivity contribution in [1.29, 1.82) is 0 Å². The van der Waals surface area contributed by atoms with Gasteiger partial charge in [0, 0.05) is 17.5 Å². The Balaban J connectivity index is 1.64. The molecule has 0 saturated heterocycles. The Labute approximate surface area is 166 Å². The monoisotopic (exact) mass is 397 g/mol. The van der Waals surface area contributed by atoms with Crippen LogP contribution in [-0.2, 0) is 10.0 Å². The van der Waals surface area contributed by atoms with E-state index in [-0.39, 0.29) is 23.3 Å². The van der Waals surface area contributed by atoms with E-state index in [4.69, 9.17) is 0 Å². The highest BCUT2D eigenvalue weighted by Crippen LogP contribution is 2.66. The van der Waals surface area contributed by atoms with Gasteiger partial charge in [-0.15, -0.1) is 0 Å². The number of hydrogen-bond donors (Lipinski definition) is 1. The van der Waals surface area contributed by atoms with Gasteiger partial charge in [-0.25, -0.2) is 8.42 Å². The molecule has 0 spiro atoms.